The Morgan fingerprint density at radius 3 is 2.21 bits per heavy atom. The van der Waals surface area contributed by atoms with Gasteiger partial charge in [0.25, 0.3) is 5.91 Å². The van der Waals surface area contributed by atoms with Crippen LogP contribution in [0.4, 0.5) is 4.39 Å². The number of carbonyl (C=O) groups is 1. The van der Waals surface area contributed by atoms with E-state index in [9.17, 15) is 13.8 Å². The van der Waals surface area contributed by atoms with Crippen LogP contribution < -0.4 is 15.6 Å². The topological polar surface area (TPSA) is 118 Å². The Labute approximate surface area is 170 Å². The van der Waals surface area contributed by atoms with Gasteiger partial charge in [0.05, 0.1) is 39.6 Å². The van der Waals surface area contributed by atoms with E-state index in [2.05, 4.69) is 5.32 Å². The van der Waals surface area contributed by atoms with Crippen LogP contribution in [0.15, 0.2) is 24.3 Å². The fraction of sp³-hybridized carbons (Fsp3) is 0.611. The van der Waals surface area contributed by atoms with Gasteiger partial charge in [-0.15, -0.1) is 0 Å². The van der Waals surface area contributed by atoms with Crippen molar-refractivity contribution in [3.8, 4) is 5.75 Å². The average molecular weight is 436 g/mol. The Morgan fingerprint density at radius 1 is 1.07 bits per heavy atom. The van der Waals surface area contributed by atoms with Gasteiger partial charge in [-0.2, -0.15) is 0 Å². The first-order valence-electron chi connectivity index (χ1n) is 9.41. The Balaban J connectivity index is 2.43. The Hall–Kier alpha value is -1.55. The summed E-state index contributed by atoms with van der Waals surface area (Å²) in [5.41, 5.74) is 5.41. The van der Waals surface area contributed by atoms with Crippen LogP contribution in [0.5, 0.6) is 5.75 Å². The van der Waals surface area contributed by atoms with E-state index in [0.717, 1.165) is 0 Å². The van der Waals surface area contributed by atoms with Crippen molar-refractivity contribution in [1.82, 2.24) is 5.32 Å². The number of nitrogens with two attached hydrogens (primary N) is 1. The number of nitrogens with one attached hydrogen (secondary N) is 1. The van der Waals surface area contributed by atoms with Gasteiger partial charge in [0, 0.05) is 13.1 Å². The highest BCUT2D eigenvalue weighted by Crippen LogP contribution is 2.49. The number of ether oxygens (including phenoxy) is 2. The highest BCUT2D eigenvalue weighted by molar-refractivity contribution is 7.48. The van der Waals surface area contributed by atoms with Crippen molar-refractivity contribution in [3.63, 3.8) is 0 Å². The fourth-order valence-electron chi connectivity index (χ4n) is 2.13. The van der Waals surface area contributed by atoms with E-state index in [1.54, 1.807) is 13.8 Å². The van der Waals surface area contributed by atoms with E-state index >= 15 is 0 Å². The van der Waals surface area contributed by atoms with E-state index in [4.69, 9.17) is 28.8 Å². The van der Waals surface area contributed by atoms with Crippen LogP contribution in [0, 0.1) is 0 Å². The number of rotatable bonds is 16. The van der Waals surface area contributed by atoms with Crippen LogP contribution >= 0.6 is 7.82 Å². The molecule has 166 valence electrons. The Kier molecular flexibility index (Phi) is 12.7. The van der Waals surface area contributed by atoms with Gasteiger partial charge in [0.1, 0.15) is 5.75 Å². The molecule has 1 aromatic rings. The molecule has 0 bridgehead atoms. The first-order chi connectivity index (χ1) is 14.0. The van der Waals surface area contributed by atoms with Gasteiger partial charge in [-0.25, -0.2) is 8.96 Å². The van der Waals surface area contributed by atoms with Crippen LogP contribution in [0.2, 0.25) is 0 Å². The van der Waals surface area contributed by atoms with Gasteiger partial charge in [-0.3, -0.25) is 13.8 Å². The second-order valence-electron chi connectivity index (χ2n) is 5.61. The molecule has 29 heavy (non-hydrogen) atoms. The van der Waals surface area contributed by atoms with E-state index in [0.29, 0.717) is 26.4 Å². The number of alkyl halides is 1. The highest BCUT2D eigenvalue weighted by atomic mass is 31.2. The van der Waals surface area contributed by atoms with Gasteiger partial charge < -0.3 is 25.0 Å². The predicted molar refractivity (Wildman–Crippen MR) is 105 cm³/mol. The highest BCUT2D eigenvalue weighted by Gasteiger charge is 2.27. The summed E-state index contributed by atoms with van der Waals surface area (Å²) in [7, 11) is -3.73. The SMILES string of the molecule is CCOP(=O)(OCC)Oc1ccc(C(F)C(=O)NCCOCCOCCN)cc1. The normalized spacial score (nSPS) is 12.6. The predicted octanol–water partition coefficient (Wildman–Crippen LogP) is 2.37. The zero-order valence-corrected chi connectivity index (χ0v) is 17.7. The minimum atomic E-state index is -3.73. The minimum Gasteiger partial charge on any atom is -0.404 e. The molecule has 3 N–H and O–H groups in total. The molecular formula is C18H30FN2O7P. The van der Waals surface area contributed by atoms with Crippen molar-refractivity contribution in [3.05, 3.63) is 29.8 Å². The number of hydrogen-bond donors (Lipinski definition) is 2. The maximum absolute atomic E-state index is 14.3. The summed E-state index contributed by atoms with van der Waals surface area (Å²) in [4.78, 5) is 11.9. The number of amides is 1. The molecule has 0 aliphatic rings. The van der Waals surface area contributed by atoms with E-state index in [-0.39, 0.29) is 37.7 Å². The molecule has 0 aromatic heterocycles. The van der Waals surface area contributed by atoms with Gasteiger partial charge in [0.15, 0.2) is 0 Å². The second kappa shape index (κ2) is 14.4. The van der Waals surface area contributed by atoms with E-state index in [1.165, 1.54) is 24.3 Å². The summed E-state index contributed by atoms with van der Waals surface area (Å²) in [5, 5.41) is 2.45. The molecule has 0 fully saturated rings. The standard InChI is InChI=1S/C18H30FN2O7P/c1-3-26-29(23,27-4-2)28-16-7-5-15(6-8-16)17(19)18(22)21-10-12-25-14-13-24-11-9-20/h5-8,17H,3-4,9-14,20H2,1-2H3,(H,21,22). The summed E-state index contributed by atoms with van der Waals surface area (Å²) in [6.07, 6.45) is -1.86. The first kappa shape index (κ1) is 25.5. The molecule has 0 aliphatic carbocycles. The molecule has 0 radical (unpaired) electrons. The van der Waals surface area contributed by atoms with E-state index < -0.39 is 19.9 Å². The third-order valence-corrected chi connectivity index (χ3v) is 4.96. The van der Waals surface area contributed by atoms with Gasteiger partial charge >= 0.3 is 7.82 Å². The molecule has 1 atom stereocenters. The zero-order valence-electron chi connectivity index (χ0n) is 16.8. The Morgan fingerprint density at radius 2 is 1.66 bits per heavy atom. The number of carbonyl (C=O) groups excluding carboxylic acids is 1. The minimum absolute atomic E-state index is 0.133. The van der Waals surface area contributed by atoms with Crippen LogP contribution in [-0.4, -0.2) is 58.6 Å². The van der Waals surface area contributed by atoms with Crippen molar-refractivity contribution in [2.75, 3.05) is 52.7 Å². The molecule has 1 aromatic carbocycles. The summed E-state index contributed by atoms with van der Waals surface area (Å²) in [5.74, 6) is -0.604. The van der Waals surface area contributed by atoms with Crippen LogP contribution in [-0.2, 0) is 27.9 Å². The molecule has 11 heteroatoms. The quantitative estimate of drug-likeness (QED) is 0.300. The first-order valence-corrected chi connectivity index (χ1v) is 10.9. The van der Waals surface area contributed by atoms with E-state index in [1.807, 2.05) is 0 Å². The number of benzene rings is 1. The van der Waals surface area contributed by atoms with Gasteiger partial charge in [-0.05, 0) is 31.5 Å². The lowest BCUT2D eigenvalue weighted by Gasteiger charge is -2.17. The maximum Gasteiger partial charge on any atom is 0.530 e. The largest absolute Gasteiger partial charge is 0.530 e. The van der Waals surface area contributed by atoms with Crippen LogP contribution in [0.1, 0.15) is 25.6 Å². The smallest absolute Gasteiger partial charge is 0.404 e. The Bertz CT molecular complexity index is 623. The summed E-state index contributed by atoms with van der Waals surface area (Å²) in [6, 6.07) is 5.52. The number of halogens is 1. The van der Waals surface area contributed by atoms with Crippen LogP contribution in [0.3, 0.4) is 0 Å². The summed E-state index contributed by atoms with van der Waals surface area (Å²) in [6.45, 7) is 5.69. The van der Waals surface area contributed by atoms with Crippen molar-refractivity contribution in [1.29, 1.82) is 0 Å². The molecular weight excluding hydrogens is 406 g/mol. The van der Waals surface area contributed by atoms with Crippen molar-refractivity contribution in [2.45, 2.75) is 20.0 Å². The van der Waals surface area contributed by atoms with Gasteiger partial charge in [0.2, 0.25) is 6.17 Å². The molecule has 0 saturated heterocycles. The lowest BCUT2D eigenvalue weighted by molar-refractivity contribution is -0.126. The number of phosphoric acid groups is 1. The third kappa shape index (κ3) is 10.2. The van der Waals surface area contributed by atoms with Crippen molar-refractivity contribution < 1.29 is 36.8 Å². The number of phosphoric ester groups is 1. The molecule has 1 rings (SSSR count). The fourth-order valence-corrected chi connectivity index (χ4v) is 3.32. The zero-order chi connectivity index (χ0) is 21.5. The van der Waals surface area contributed by atoms with Crippen molar-refractivity contribution in [2.24, 2.45) is 5.73 Å². The average Bonchev–Trinajstić information content (AvgIpc) is 2.70. The molecule has 9 nitrogen and oxygen atoms in total. The summed E-state index contributed by atoms with van der Waals surface area (Å²) >= 11 is 0. The summed E-state index contributed by atoms with van der Waals surface area (Å²) < 4.78 is 52.3. The monoisotopic (exact) mass is 436 g/mol. The number of hydrogen-bond acceptors (Lipinski definition) is 8. The lowest BCUT2D eigenvalue weighted by Crippen LogP contribution is -2.30. The lowest BCUT2D eigenvalue weighted by atomic mass is 10.1. The van der Waals surface area contributed by atoms with Crippen LogP contribution in [0.25, 0.3) is 0 Å². The maximum atomic E-state index is 14.3. The van der Waals surface area contributed by atoms with Crippen molar-refractivity contribution >= 4 is 13.7 Å². The molecule has 0 heterocycles. The third-order valence-electron chi connectivity index (χ3n) is 3.37. The molecule has 1 unspecified atom stereocenters. The molecule has 0 saturated carbocycles. The molecule has 0 aliphatic heterocycles. The second-order valence-corrected chi connectivity index (χ2v) is 7.20. The molecule has 1 amide bonds. The van der Waals surface area contributed by atoms with Gasteiger partial charge in [-0.1, -0.05) is 12.1 Å². The molecule has 0 spiro atoms.